The van der Waals surface area contributed by atoms with Crippen LogP contribution in [0.4, 0.5) is 0 Å². The zero-order chi connectivity index (χ0) is 18.5. The standard InChI is InChI=1S/C20H28O4/c1-8-14-9-11-15(12-10-14)13-16(17(21)23-19(2,3)4)18(22)24-20(5,6)7/h8-12,16H,1,13H2,2-7H3. The Morgan fingerprint density at radius 1 is 0.958 bits per heavy atom. The third-order valence-electron chi connectivity index (χ3n) is 3.04. The predicted molar refractivity (Wildman–Crippen MR) is 95.4 cm³/mol. The molecule has 0 amide bonds. The van der Waals surface area contributed by atoms with Crippen LogP contribution in [0.2, 0.25) is 0 Å². The second-order valence-electron chi connectivity index (χ2n) is 7.77. The van der Waals surface area contributed by atoms with Crippen LogP contribution in [-0.4, -0.2) is 23.1 Å². The van der Waals surface area contributed by atoms with Gasteiger partial charge in [-0.2, -0.15) is 0 Å². The molecule has 24 heavy (non-hydrogen) atoms. The summed E-state index contributed by atoms with van der Waals surface area (Å²) in [7, 11) is 0. The van der Waals surface area contributed by atoms with Gasteiger partial charge in [0, 0.05) is 0 Å². The number of benzene rings is 1. The van der Waals surface area contributed by atoms with Gasteiger partial charge < -0.3 is 9.47 Å². The number of hydrogen-bond donors (Lipinski definition) is 0. The summed E-state index contributed by atoms with van der Waals surface area (Å²) in [5.41, 5.74) is 0.515. The van der Waals surface area contributed by atoms with E-state index in [0.29, 0.717) is 0 Å². The molecule has 0 bridgehead atoms. The fourth-order valence-corrected chi connectivity index (χ4v) is 2.03. The minimum absolute atomic E-state index is 0.237. The lowest BCUT2D eigenvalue weighted by Crippen LogP contribution is -2.38. The molecule has 4 nitrogen and oxygen atoms in total. The van der Waals surface area contributed by atoms with Crippen LogP contribution in [0.5, 0.6) is 0 Å². The van der Waals surface area contributed by atoms with Crippen molar-refractivity contribution in [3.63, 3.8) is 0 Å². The van der Waals surface area contributed by atoms with Crippen molar-refractivity contribution in [3.05, 3.63) is 42.0 Å². The molecule has 0 fully saturated rings. The van der Waals surface area contributed by atoms with Gasteiger partial charge in [0.1, 0.15) is 11.2 Å². The molecule has 4 heteroatoms. The van der Waals surface area contributed by atoms with Crippen molar-refractivity contribution in [3.8, 4) is 0 Å². The Morgan fingerprint density at radius 3 is 1.71 bits per heavy atom. The maximum Gasteiger partial charge on any atom is 0.321 e. The highest BCUT2D eigenvalue weighted by molar-refractivity contribution is 5.95. The van der Waals surface area contributed by atoms with Crippen LogP contribution in [0.3, 0.4) is 0 Å². The molecule has 0 heterocycles. The molecule has 0 saturated heterocycles. The molecule has 132 valence electrons. The van der Waals surface area contributed by atoms with Gasteiger partial charge in [-0.15, -0.1) is 0 Å². The van der Waals surface area contributed by atoms with E-state index in [-0.39, 0.29) is 6.42 Å². The van der Waals surface area contributed by atoms with E-state index in [2.05, 4.69) is 6.58 Å². The SMILES string of the molecule is C=Cc1ccc(CC(C(=O)OC(C)(C)C)C(=O)OC(C)(C)C)cc1. The van der Waals surface area contributed by atoms with Crippen molar-refractivity contribution >= 4 is 18.0 Å². The van der Waals surface area contributed by atoms with E-state index in [4.69, 9.17) is 9.47 Å². The van der Waals surface area contributed by atoms with Crippen molar-refractivity contribution in [2.24, 2.45) is 5.92 Å². The lowest BCUT2D eigenvalue weighted by molar-refractivity contribution is -0.174. The molecule has 0 N–H and O–H groups in total. The first kappa shape index (κ1) is 19.9. The second kappa shape index (κ2) is 7.65. The molecule has 0 aromatic heterocycles. The average Bonchev–Trinajstić information content (AvgIpc) is 2.41. The highest BCUT2D eigenvalue weighted by Crippen LogP contribution is 2.20. The summed E-state index contributed by atoms with van der Waals surface area (Å²) in [6.45, 7) is 14.4. The first-order chi connectivity index (χ1) is 10.9. The lowest BCUT2D eigenvalue weighted by Gasteiger charge is -2.26. The number of hydrogen-bond acceptors (Lipinski definition) is 4. The summed E-state index contributed by atoms with van der Waals surface area (Å²) in [5.74, 6) is -2.12. The number of carbonyl (C=O) groups is 2. The Hall–Kier alpha value is -2.10. The molecule has 0 aliphatic heterocycles. The van der Waals surface area contributed by atoms with E-state index in [0.717, 1.165) is 11.1 Å². The zero-order valence-corrected chi connectivity index (χ0v) is 15.5. The van der Waals surface area contributed by atoms with Crippen LogP contribution in [0.1, 0.15) is 52.7 Å². The average molecular weight is 332 g/mol. The molecule has 0 aliphatic carbocycles. The summed E-state index contributed by atoms with van der Waals surface area (Å²) in [6, 6.07) is 7.53. The summed E-state index contributed by atoms with van der Waals surface area (Å²) in [6.07, 6.45) is 1.98. The quantitative estimate of drug-likeness (QED) is 0.600. The Bertz CT molecular complexity index is 558. The van der Waals surface area contributed by atoms with E-state index in [1.54, 1.807) is 47.6 Å². The topological polar surface area (TPSA) is 52.6 Å². The van der Waals surface area contributed by atoms with Gasteiger partial charge in [0.05, 0.1) is 0 Å². The van der Waals surface area contributed by atoms with Gasteiger partial charge in [0.15, 0.2) is 5.92 Å². The zero-order valence-electron chi connectivity index (χ0n) is 15.5. The number of rotatable bonds is 5. The van der Waals surface area contributed by atoms with Gasteiger partial charge in [0.25, 0.3) is 0 Å². The van der Waals surface area contributed by atoms with Crippen LogP contribution in [0.15, 0.2) is 30.8 Å². The van der Waals surface area contributed by atoms with E-state index in [9.17, 15) is 9.59 Å². The first-order valence-corrected chi connectivity index (χ1v) is 8.08. The number of ether oxygens (including phenoxy) is 2. The fraction of sp³-hybridized carbons (Fsp3) is 0.500. The largest absolute Gasteiger partial charge is 0.459 e. The minimum Gasteiger partial charge on any atom is -0.459 e. The van der Waals surface area contributed by atoms with Gasteiger partial charge in [-0.1, -0.05) is 36.9 Å². The Kier molecular flexibility index (Phi) is 6.35. The van der Waals surface area contributed by atoms with E-state index >= 15 is 0 Å². The van der Waals surface area contributed by atoms with Gasteiger partial charge in [0.2, 0.25) is 0 Å². The van der Waals surface area contributed by atoms with Crippen molar-refractivity contribution in [2.45, 2.75) is 59.2 Å². The van der Waals surface area contributed by atoms with Gasteiger partial charge in [-0.05, 0) is 59.1 Å². The van der Waals surface area contributed by atoms with Gasteiger partial charge in [-0.3, -0.25) is 9.59 Å². The molecular weight excluding hydrogens is 304 g/mol. The molecule has 0 aliphatic rings. The van der Waals surface area contributed by atoms with Crippen molar-refractivity contribution in [1.29, 1.82) is 0 Å². The monoisotopic (exact) mass is 332 g/mol. The maximum atomic E-state index is 12.5. The summed E-state index contributed by atoms with van der Waals surface area (Å²) in [5, 5.41) is 0. The third kappa shape index (κ3) is 6.99. The third-order valence-corrected chi connectivity index (χ3v) is 3.04. The van der Waals surface area contributed by atoms with Gasteiger partial charge >= 0.3 is 11.9 Å². The van der Waals surface area contributed by atoms with Crippen LogP contribution in [-0.2, 0) is 25.5 Å². The van der Waals surface area contributed by atoms with Crippen molar-refractivity contribution in [2.75, 3.05) is 0 Å². The molecular formula is C20H28O4. The van der Waals surface area contributed by atoms with Gasteiger partial charge in [-0.25, -0.2) is 0 Å². The molecule has 0 unspecified atom stereocenters. The lowest BCUT2D eigenvalue weighted by atomic mass is 9.97. The molecule has 0 spiro atoms. The van der Waals surface area contributed by atoms with Crippen molar-refractivity contribution < 1.29 is 19.1 Å². The minimum atomic E-state index is -0.988. The smallest absolute Gasteiger partial charge is 0.321 e. The molecule has 0 radical (unpaired) electrons. The first-order valence-electron chi connectivity index (χ1n) is 8.08. The van der Waals surface area contributed by atoms with Crippen LogP contribution >= 0.6 is 0 Å². The highest BCUT2D eigenvalue weighted by atomic mass is 16.6. The van der Waals surface area contributed by atoms with E-state index in [1.807, 2.05) is 24.3 Å². The normalized spacial score (nSPS) is 12.0. The summed E-state index contributed by atoms with van der Waals surface area (Å²) < 4.78 is 10.8. The Balaban J connectivity index is 3.00. The number of esters is 2. The molecule has 1 aromatic carbocycles. The fourth-order valence-electron chi connectivity index (χ4n) is 2.03. The number of carbonyl (C=O) groups excluding carboxylic acids is 2. The second-order valence-corrected chi connectivity index (χ2v) is 7.77. The van der Waals surface area contributed by atoms with Crippen LogP contribution in [0, 0.1) is 5.92 Å². The Morgan fingerprint density at radius 2 is 1.38 bits per heavy atom. The van der Waals surface area contributed by atoms with Crippen LogP contribution < -0.4 is 0 Å². The predicted octanol–water partition coefficient (Wildman–Crippen LogP) is 4.17. The van der Waals surface area contributed by atoms with E-state index in [1.165, 1.54) is 0 Å². The molecule has 1 rings (SSSR count). The highest BCUT2D eigenvalue weighted by Gasteiger charge is 2.34. The summed E-state index contributed by atoms with van der Waals surface area (Å²) in [4.78, 5) is 24.9. The maximum absolute atomic E-state index is 12.5. The summed E-state index contributed by atoms with van der Waals surface area (Å²) >= 11 is 0. The molecule has 1 aromatic rings. The Labute approximate surface area is 144 Å². The van der Waals surface area contributed by atoms with Crippen LogP contribution in [0.25, 0.3) is 6.08 Å². The van der Waals surface area contributed by atoms with E-state index < -0.39 is 29.1 Å². The van der Waals surface area contributed by atoms with Crippen molar-refractivity contribution in [1.82, 2.24) is 0 Å². The molecule has 0 saturated carbocycles. The molecule has 0 atom stereocenters.